The topological polar surface area (TPSA) is 18.5 Å². The van der Waals surface area contributed by atoms with Crippen molar-refractivity contribution in [2.24, 2.45) is 0 Å². The van der Waals surface area contributed by atoms with Crippen LogP contribution < -0.4 is 9.47 Å². The maximum atomic E-state index is 5.53. The molecule has 0 saturated heterocycles. The lowest BCUT2D eigenvalue weighted by Gasteiger charge is -2.18. The molecule has 1 aromatic carbocycles. The number of thiophene rings is 1. The highest BCUT2D eigenvalue weighted by Gasteiger charge is 2.12. The lowest BCUT2D eigenvalue weighted by molar-refractivity contribution is 0.171. The zero-order valence-electron chi connectivity index (χ0n) is 8.03. The summed E-state index contributed by atoms with van der Waals surface area (Å²) in [5.74, 6) is 1.68. The van der Waals surface area contributed by atoms with E-state index in [2.05, 4.69) is 11.4 Å². The Labute approximate surface area is 92.1 Å². The lowest BCUT2D eigenvalue weighted by Crippen LogP contribution is -2.15. The van der Waals surface area contributed by atoms with Crippen molar-refractivity contribution in [2.45, 2.75) is 0 Å². The summed E-state index contributed by atoms with van der Waals surface area (Å²) in [6.45, 7) is 1.27. The Balaban J connectivity index is 2.04. The normalized spacial score (nSPS) is 13.9. The third-order valence-electron chi connectivity index (χ3n) is 2.30. The molecule has 2 nitrogen and oxygen atoms in total. The Hall–Kier alpha value is -1.48. The molecule has 0 amide bonds. The number of benzene rings is 1. The van der Waals surface area contributed by atoms with Crippen LogP contribution >= 0.6 is 11.3 Å². The summed E-state index contributed by atoms with van der Waals surface area (Å²) in [6, 6.07) is 10.0. The van der Waals surface area contributed by atoms with Crippen LogP contribution in [0, 0.1) is 5.38 Å². The molecule has 3 rings (SSSR count). The molecule has 0 unspecified atom stereocenters. The molecule has 1 radical (unpaired) electrons. The highest BCUT2D eigenvalue weighted by Crippen LogP contribution is 2.35. The van der Waals surface area contributed by atoms with Crippen molar-refractivity contribution in [3.63, 3.8) is 0 Å². The average Bonchev–Trinajstić information content (AvgIpc) is 2.82. The molecule has 2 aromatic rings. The van der Waals surface area contributed by atoms with Crippen molar-refractivity contribution in [1.82, 2.24) is 0 Å². The van der Waals surface area contributed by atoms with Gasteiger partial charge in [0.1, 0.15) is 13.2 Å². The molecular weight excluding hydrogens is 208 g/mol. The smallest absolute Gasteiger partial charge is 0.162 e. The van der Waals surface area contributed by atoms with Gasteiger partial charge in [-0.1, -0.05) is 0 Å². The Morgan fingerprint density at radius 1 is 1.07 bits per heavy atom. The van der Waals surface area contributed by atoms with E-state index in [1.54, 1.807) is 11.3 Å². The molecule has 75 valence electrons. The van der Waals surface area contributed by atoms with E-state index < -0.39 is 0 Å². The van der Waals surface area contributed by atoms with Crippen LogP contribution in [0.5, 0.6) is 11.5 Å². The summed E-state index contributed by atoms with van der Waals surface area (Å²) < 4.78 is 11.0. The summed E-state index contributed by atoms with van der Waals surface area (Å²) in [7, 11) is 0. The summed E-state index contributed by atoms with van der Waals surface area (Å²) in [5.41, 5.74) is 1.16. The second-order valence-corrected chi connectivity index (χ2v) is 4.16. The fourth-order valence-electron chi connectivity index (χ4n) is 1.59. The molecule has 0 aliphatic carbocycles. The third-order valence-corrected chi connectivity index (χ3v) is 3.14. The van der Waals surface area contributed by atoms with Crippen molar-refractivity contribution in [2.75, 3.05) is 13.2 Å². The van der Waals surface area contributed by atoms with Crippen LogP contribution in [0.2, 0.25) is 0 Å². The number of hydrogen-bond donors (Lipinski definition) is 0. The van der Waals surface area contributed by atoms with Crippen molar-refractivity contribution >= 4 is 11.3 Å². The fraction of sp³-hybridized carbons (Fsp3) is 0.167. The van der Waals surface area contributed by atoms with Gasteiger partial charge in [0.25, 0.3) is 0 Å². The molecule has 1 aliphatic heterocycles. The second-order valence-electron chi connectivity index (χ2n) is 3.28. The number of hydrogen-bond acceptors (Lipinski definition) is 3. The Bertz CT molecular complexity index is 462. The fourth-order valence-corrected chi connectivity index (χ4v) is 2.24. The molecule has 3 heteroatoms. The molecule has 0 saturated carbocycles. The monoisotopic (exact) mass is 217 g/mol. The minimum atomic E-state index is 0.632. The van der Waals surface area contributed by atoms with Crippen molar-refractivity contribution in [3.05, 3.63) is 35.7 Å². The van der Waals surface area contributed by atoms with Gasteiger partial charge >= 0.3 is 0 Å². The Kier molecular flexibility index (Phi) is 2.10. The minimum absolute atomic E-state index is 0.632. The van der Waals surface area contributed by atoms with E-state index in [1.165, 1.54) is 4.88 Å². The van der Waals surface area contributed by atoms with Gasteiger partial charge in [-0.3, -0.25) is 0 Å². The first-order valence-corrected chi connectivity index (χ1v) is 5.61. The molecule has 0 bridgehead atoms. The Morgan fingerprint density at radius 2 is 1.93 bits per heavy atom. The predicted molar refractivity (Wildman–Crippen MR) is 59.6 cm³/mol. The van der Waals surface area contributed by atoms with Crippen LogP contribution in [0.25, 0.3) is 10.4 Å². The van der Waals surface area contributed by atoms with E-state index in [4.69, 9.17) is 9.47 Å². The number of ether oxygens (including phenoxy) is 2. The zero-order valence-corrected chi connectivity index (χ0v) is 8.84. The first-order valence-electron chi connectivity index (χ1n) is 4.79. The summed E-state index contributed by atoms with van der Waals surface area (Å²) in [5, 5.41) is 3.08. The molecular formula is C12H9O2S. The maximum absolute atomic E-state index is 5.53. The van der Waals surface area contributed by atoms with Crippen LogP contribution in [0.3, 0.4) is 0 Å². The first kappa shape index (κ1) is 8.80. The van der Waals surface area contributed by atoms with E-state index >= 15 is 0 Å². The highest BCUT2D eigenvalue weighted by atomic mass is 32.1. The van der Waals surface area contributed by atoms with Crippen LogP contribution in [-0.4, -0.2) is 13.2 Å². The zero-order chi connectivity index (χ0) is 10.1. The molecule has 1 aliphatic rings. The van der Waals surface area contributed by atoms with E-state index in [9.17, 15) is 0 Å². The molecule has 0 atom stereocenters. The van der Waals surface area contributed by atoms with Crippen LogP contribution in [0.4, 0.5) is 0 Å². The standard InChI is InChI=1S/C12H9O2S/c1-2-12(15-7-1)9-3-4-10-11(8-9)14-6-5-13-10/h1-4,8H,5-6H2. The highest BCUT2D eigenvalue weighted by molar-refractivity contribution is 7.13. The largest absolute Gasteiger partial charge is 0.486 e. The quantitative estimate of drug-likeness (QED) is 0.731. The SMILES string of the molecule is [c]1ccc(-c2ccc3c(c2)OCCO3)s1. The van der Waals surface area contributed by atoms with Gasteiger partial charge in [0.15, 0.2) is 11.5 Å². The van der Waals surface area contributed by atoms with Crippen LogP contribution in [0.1, 0.15) is 0 Å². The third kappa shape index (κ3) is 1.59. The van der Waals surface area contributed by atoms with Gasteiger partial charge in [-0.25, -0.2) is 0 Å². The molecule has 15 heavy (non-hydrogen) atoms. The molecule has 0 spiro atoms. The van der Waals surface area contributed by atoms with Gasteiger partial charge in [-0.15, -0.1) is 11.3 Å². The van der Waals surface area contributed by atoms with Crippen molar-refractivity contribution in [3.8, 4) is 21.9 Å². The van der Waals surface area contributed by atoms with Gasteiger partial charge in [0, 0.05) is 10.3 Å². The van der Waals surface area contributed by atoms with Gasteiger partial charge in [-0.05, 0) is 35.9 Å². The predicted octanol–water partition coefficient (Wildman–Crippen LogP) is 2.99. The number of fused-ring (bicyclic) bond motifs is 1. The molecule has 0 fully saturated rings. The first-order chi connectivity index (χ1) is 7.43. The van der Waals surface area contributed by atoms with E-state index in [0.29, 0.717) is 13.2 Å². The Morgan fingerprint density at radius 3 is 2.73 bits per heavy atom. The van der Waals surface area contributed by atoms with E-state index in [1.807, 2.05) is 24.3 Å². The second kappa shape index (κ2) is 3.59. The maximum Gasteiger partial charge on any atom is 0.162 e. The summed E-state index contributed by atoms with van der Waals surface area (Å²) >= 11 is 1.61. The van der Waals surface area contributed by atoms with E-state index in [0.717, 1.165) is 17.1 Å². The summed E-state index contributed by atoms with van der Waals surface area (Å²) in [4.78, 5) is 1.20. The average molecular weight is 217 g/mol. The summed E-state index contributed by atoms with van der Waals surface area (Å²) in [6.07, 6.45) is 0. The number of rotatable bonds is 1. The minimum Gasteiger partial charge on any atom is -0.486 e. The molecule has 0 N–H and O–H groups in total. The molecule has 2 heterocycles. The van der Waals surface area contributed by atoms with Crippen molar-refractivity contribution < 1.29 is 9.47 Å². The van der Waals surface area contributed by atoms with Crippen molar-refractivity contribution in [1.29, 1.82) is 0 Å². The van der Waals surface area contributed by atoms with Gasteiger partial charge in [0.05, 0.1) is 0 Å². The lowest BCUT2D eigenvalue weighted by atomic mass is 10.1. The molecule has 1 aromatic heterocycles. The van der Waals surface area contributed by atoms with Crippen LogP contribution in [0.15, 0.2) is 30.3 Å². The van der Waals surface area contributed by atoms with E-state index in [-0.39, 0.29) is 0 Å². The van der Waals surface area contributed by atoms with Gasteiger partial charge in [-0.2, -0.15) is 0 Å². The van der Waals surface area contributed by atoms with Gasteiger partial charge < -0.3 is 9.47 Å². The van der Waals surface area contributed by atoms with Crippen LogP contribution in [-0.2, 0) is 0 Å². The van der Waals surface area contributed by atoms with Gasteiger partial charge in [0.2, 0.25) is 0 Å².